The molecule has 0 saturated carbocycles. The highest BCUT2D eigenvalue weighted by atomic mass is 28.3. The van der Waals surface area contributed by atoms with Crippen molar-refractivity contribution in [1.29, 1.82) is 0 Å². The van der Waals surface area contributed by atoms with Gasteiger partial charge in [-0.15, -0.1) is 0 Å². The van der Waals surface area contributed by atoms with Crippen LogP contribution in [0.15, 0.2) is 48.7 Å². The molecule has 0 atom stereocenters. The van der Waals surface area contributed by atoms with Crippen LogP contribution in [0.2, 0.25) is 25.2 Å². The van der Waals surface area contributed by atoms with Crippen LogP contribution in [0.4, 0.5) is 0 Å². The summed E-state index contributed by atoms with van der Waals surface area (Å²) in [6, 6.07) is 19.3. The third kappa shape index (κ3) is 3.60. The largest absolute Gasteiger partial charge is 0.220 e. The van der Waals surface area contributed by atoms with Gasteiger partial charge in [0.25, 0.3) is 0 Å². The van der Waals surface area contributed by atoms with Crippen LogP contribution in [0.5, 0.6) is 0 Å². The minimum Gasteiger partial charge on any atom is -0.200 e. The molecule has 2 aromatic carbocycles. The Labute approximate surface area is 165 Å². The van der Waals surface area contributed by atoms with Crippen molar-refractivity contribution in [1.82, 2.24) is 0 Å². The topological polar surface area (TPSA) is 3.88 Å². The summed E-state index contributed by atoms with van der Waals surface area (Å²) in [5.41, 5.74) is 6.89. The average Bonchev–Trinajstić information content (AvgIpc) is 2.64. The van der Waals surface area contributed by atoms with Gasteiger partial charge < -0.3 is 0 Å². The standard InChI is InChI=1S/C25H32NSi/c1-18-6-7-19(2)24(16-18)25-23-9-8-21(17-22(23)10-13-26(25)3)20-11-14-27(4,5)15-12-20/h6-10,13,16-17,20H,11-12,14-15H2,1-5H3/q+1. The van der Waals surface area contributed by atoms with Gasteiger partial charge in [-0.25, -0.2) is 4.57 Å². The number of hydrogen-bond acceptors (Lipinski definition) is 0. The molecule has 0 spiro atoms. The van der Waals surface area contributed by atoms with Gasteiger partial charge in [-0.1, -0.05) is 55.0 Å². The summed E-state index contributed by atoms with van der Waals surface area (Å²) >= 11 is 0. The second-order valence-corrected chi connectivity index (χ2v) is 14.7. The van der Waals surface area contributed by atoms with E-state index < -0.39 is 8.07 Å². The molecule has 3 aromatic rings. The molecule has 2 heterocycles. The van der Waals surface area contributed by atoms with Crippen LogP contribution < -0.4 is 4.57 Å². The molecule has 27 heavy (non-hydrogen) atoms. The van der Waals surface area contributed by atoms with Crippen molar-refractivity contribution in [3.63, 3.8) is 0 Å². The molecule has 1 saturated heterocycles. The Morgan fingerprint density at radius 3 is 2.41 bits per heavy atom. The number of pyridine rings is 1. The number of hydrogen-bond donors (Lipinski definition) is 0. The summed E-state index contributed by atoms with van der Waals surface area (Å²) in [6.45, 7) is 9.51. The van der Waals surface area contributed by atoms with E-state index in [-0.39, 0.29) is 0 Å². The van der Waals surface area contributed by atoms with E-state index in [4.69, 9.17) is 0 Å². The van der Waals surface area contributed by atoms with Gasteiger partial charge >= 0.3 is 0 Å². The van der Waals surface area contributed by atoms with Gasteiger partial charge in [0.2, 0.25) is 5.69 Å². The molecule has 1 fully saturated rings. The monoisotopic (exact) mass is 374 g/mol. The van der Waals surface area contributed by atoms with Crippen LogP contribution >= 0.6 is 0 Å². The zero-order valence-electron chi connectivity index (χ0n) is 17.5. The average molecular weight is 375 g/mol. The highest BCUT2D eigenvalue weighted by Crippen LogP contribution is 2.39. The maximum atomic E-state index is 2.56. The summed E-state index contributed by atoms with van der Waals surface area (Å²) in [5.74, 6) is 0.757. The number of aryl methyl sites for hydroxylation is 3. The maximum absolute atomic E-state index is 2.56. The van der Waals surface area contributed by atoms with E-state index in [1.165, 1.54) is 58.1 Å². The summed E-state index contributed by atoms with van der Waals surface area (Å²) in [7, 11) is 1.27. The van der Waals surface area contributed by atoms with E-state index in [1.54, 1.807) is 5.56 Å². The van der Waals surface area contributed by atoms with Crippen molar-refractivity contribution in [2.75, 3.05) is 0 Å². The molecule has 1 nitrogen and oxygen atoms in total. The van der Waals surface area contributed by atoms with Crippen LogP contribution in [0.25, 0.3) is 22.0 Å². The van der Waals surface area contributed by atoms with Crippen molar-refractivity contribution in [2.45, 2.75) is 57.8 Å². The molecule has 0 aliphatic carbocycles. The number of nitrogens with zero attached hydrogens (tertiary/aromatic N) is 1. The Kier molecular flexibility index (Phi) is 4.71. The predicted molar refractivity (Wildman–Crippen MR) is 119 cm³/mol. The number of fused-ring (bicyclic) bond motifs is 1. The van der Waals surface area contributed by atoms with Crippen LogP contribution in [0.3, 0.4) is 0 Å². The van der Waals surface area contributed by atoms with Gasteiger partial charge in [0.05, 0.1) is 5.39 Å². The minimum absolute atomic E-state index is 0.757. The third-order valence-electron chi connectivity index (χ3n) is 6.62. The summed E-state index contributed by atoms with van der Waals surface area (Å²) in [4.78, 5) is 0. The lowest BCUT2D eigenvalue weighted by Crippen LogP contribution is -2.31. The molecule has 0 amide bonds. The molecule has 4 rings (SSSR count). The van der Waals surface area contributed by atoms with E-state index in [2.05, 4.69) is 87.2 Å². The summed E-state index contributed by atoms with van der Waals surface area (Å²) < 4.78 is 2.28. The molecular formula is C25H32NSi+. The first kappa shape index (κ1) is 18.4. The lowest BCUT2D eigenvalue weighted by molar-refractivity contribution is -0.659. The second-order valence-electron chi connectivity index (χ2n) is 9.38. The first-order valence-electron chi connectivity index (χ1n) is 10.3. The van der Waals surface area contributed by atoms with E-state index in [1.807, 2.05) is 0 Å². The van der Waals surface area contributed by atoms with Crippen LogP contribution in [-0.2, 0) is 7.05 Å². The molecular weight excluding hydrogens is 342 g/mol. The van der Waals surface area contributed by atoms with Gasteiger partial charge in [-0.05, 0) is 61.3 Å². The SMILES string of the molecule is Cc1ccc(C)c(-c2c3ccc(C4CC[Si](C)(C)CC4)cc3cc[n+]2C)c1. The predicted octanol–water partition coefficient (Wildman–Crippen LogP) is 6.53. The number of aromatic nitrogens is 1. The van der Waals surface area contributed by atoms with Crippen molar-refractivity contribution in [3.05, 3.63) is 65.4 Å². The molecule has 1 aliphatic heterocycles. The van der Waals surface area contributed by atoms with Crippen molar-refractivity contribution < 1.29 is 4.57 Å². The van der Waals surface area contributed by atoms with E-state index in [0.29, 0.717) is 0 Å². The van der Waals surface area contributed by atoms with Crippen molar-refractivity contribution >= 4 is 18.8 Å². The Bertz CT molecular complexity index is 993. The lowest BCUT2D eigenvalue weighted by atomic mass is 9.90. The van der Waals surface area contributed by atoms with Gasteiger partial charge in [0, 0.05) is 19.7 Å². The van der Waals surface area contributed by atoms with Crippen LogP contribution in [0.1, 0.15) is 35.4 Å². The lowest BCUT2D eigenvalue weighted by Gasteiger charge is -2.33. The molecule has 2 heteroatoms. The fourth-order valence-corrected chi connectivity index (χ4v) is 7.21. The van der Waals surface area contributed by atoms with Crippen molar-refractivity contribution in [2.24, 2.45) is 7.05 Å². The molecule has 0 radical (unpaired) electrons. The quantitative estimate of drug-likeness (QED) is 0.354. The minimum atomic E-state index is -0.894. The maximum Gasteiger partial charge on any atom is 0.220 e. The Balaban J connectivity index is 1.79. The summed E-state index contributed by atoms with van der Waals surface area (Å²) in [5, 5.41) is 2.74. The molecule has 1 aliphatic rings. The van der Waals surface area contributed by atoms with E-state index >= 15 is 0 Å². The van der Waals surface area contributed by atoms with Gasteiger partial charge in [-0.3, -0.25) is 0 Å². The molecule has 1 aromatic heterocycles. The summed E-state index contributed by atoms with van der Waals surface area (Å²) in [6.07, 6.45) is 4.99. The highest BCUT2D eigenvalue weighted by Gasteiger charge is 2.29. The fourth-order valence-electron chi connectivity index (χ4n) is 4.70. The zero-order valence-corrected chi connectivity index (χ0v) is 18.5. The van der Waals surface area contributed by atoms with Gasteiger partial charge in [0.1, 0.15) is 7.05 Å². The Morgan fingerprint density at radius 2 is 1.67 bits per heavy atom. The molecule has 0 N–H and O–H groups in total. The highest BCUT2D eigenvalue weighted by molar-refractivity contribution is 6.77. The Morgan fingerprint density at radius 1 is 0.926 bits per heavy atom. The third-order valence-corrected chi connectivity index (χ3v) is 9.90. The van der Waals surface area contributed by atoms with E-state index in [9.17, 15) is 0 Å². The van der Waals surface area contributed by atoms with Crippen LogP contribution in [-0.4, -0.2) is 8.07 Å². The zero-order chi connectivity index (χ0) is 19.2. The first-order chi connectivity index (χ1) is 12.8. The molecule has 0 unspecified atom stereocenters. The van der Waals surface area contributed by atoms with Gasteiger partial charge in [0.15, 0.2) is 6.20 Å². The molecule has 0 bridgehead atoms. The second kappa shape index (κ2) is 6.90. The molecule has 140 valence electrons. The Hall–Kier alpha value is -1.93. The van der Waals surface area contributed by atoms with Crippen molar-refractivity contribution in [3.8, 4) is 11.3 Å². The fraction of sp³-hybridized carbons (Fsp3) is 0.400. The smallest absolute Gasteiger partial charge is 0.200 e. The number of benzene rings is 2. The normalized spacial score (nSPS) is 17.4. The van der Waals surface area contributed by atoms with E-state index in [0.717, 1.165) is 5.92 Å². The number of rotatable bonds is 2. The van der Waals surface area contributed by atoms with Crippen LogP contribution in [0, 0.1) is 13.8 Å². The first-order valence-corrected chi connectivity index (χ1v) is 13.8. The van der Waals surface area contributed by atoms with Gasteiger partial charge in [-0.2, -0.15) is 0 Å².